The van der Waals surface area contributed by atoms with Crippen molar-refractivity contribution >= 4 is 23.2 Å². The molecule has 134 valence electrons. The Kier molecular flexibility index (Phi) is 5.28. The lowest BCUT2D eigenvalue weighted by Gasteiger charge is -2.13. The van der Waals surface area contributed by atoms with Gasteiger partial charge in [0, 0.05) is 18.3 Å². The van der Waals surface area contributed by atoms with E-state index in [2.05, 4.69) is 10.4 Å². The molecule has 0 aliphatic rings. The highest BCUT2D eigenvalue weighted by Crippen LogP contribution is 2.33. The van der Waals surface area contributed by atoms with Gasteiger partial charge in [-0.1, -0.05) is 35.9 Å². The number of carbonyl (C=O) groups is 1. The summed E-state index contributed by atoms with van der Waals surface area (Å²) in [7, 11) is 1.87. The summed E-state index contributed by atoms with van der Waals surface area (Å²) in [6.07, 6.45) is 0.256. The highest BCUT2D eigenvalue weighted by molar-refractivity contribution is 6.32. The predicted molar refractivity (Wildman–Crippen MR) is 103 cm³/mol. The van der Waals surface area contributed by atoms with Crippen molar-refractivity contribution in [3.05, 3.63) is 70.5 Å². The Labute approximate surface area is 157 Å². The Balaban J connectivity index is 1.78. The van der Waals surface area contributed by atoms with Crippen LogP contribution in [-0.2, 0) is 18.3 Å². The van der Waals surface area contributed by atoms with Crippen molar-refractivity contribution < 1.29 is 9.53 Å². The quantitative estimate of drug-likeness (QED) is 0.711. The molecule has 0 aliphatic heterocycles. The van der Waals surface area contributed by atoms with E-state index in [1.165, 1.54) is 0 Å². The van der Waals surface area contributed by atoms with E-state index in [0.717, 1.165) is 17.0 Å². The fourth-order valence-electron chi connectivity index (χ4n) is 2.73. The molecule has 1 N–H and O–H groups in total. The Morgan fingerprint density at radius 1 is 1.12 bits per heavy atom. The van der Waals surface area contributed by atoms with Crippen LogP contribution in [0.2, 0.25) is 5.02 Å². The number of carbonyl (C=O) groups excluding carboxylic acids is 1. The molecular formula is C20H20ClN3O2. The van der Waals surface area contributed by atoms with Crippen LogP contribution in [0.4, 0.5) is 5.69 Å². The summed E-state index contributed by atoms with van der Waals surface area (Å²) in [6.45, 7) is 3.86. The summed E-state index contributed by atoms with van der Waals surface area (Å²) >= 11 is 6.16. The summed E-state index contributed by atoms with van der Waals surface area (Å²) in [5, 5.41) is 7.78. The van der Waals surface area contributed by atoms with Gasteiger partial charge in [0.15, 0.2) is 5.75 Å². The number of hydrogen-bond donors (Lipinski definition) is 1. The number of nitrogens with zero attached hydrogens (tertiary/aromatic N) is 2. The van der Waals surface area contributed by atoms with E-state index in [9.17, 15) is 4.79 Å². The minimum Gasteiger partial charge on any atom is -0.454 e. The van der Waals surface area contributed by atoms with Crippen molar-refractivity contribution in [1.82, 2.24) is 9.78 Å². The minimum atomic E-state index is -0.126. The van der Waals surface area contributed by atoms with E-state index in [-0.39, 0.29) is 12.3 Å². The number of hydrogen-bond acceptors (Lipinski definition) is 3. The highest BCUT2D eigenvalue weighted by Gasteiger charge is 2.15. The number of aryl methyl sites for hydroxylation is 2. The number of anilines is 1. The van der Waals surface area contributed by atoms with Gasteiger partial charge in [0.1, 0.15) is 5.75 Å². The molecule has 1 heterocycles. The first-order valence-corrected chi connectivity index (χ1v) is 8.64. The maximum atomic E-state index is 12.5. The SMILES string of the molecule is Cc1nn(C)c(C)c1CC(=O)Nc1ccccc1Oc1ccccc1Cl. The van der Waals surface area contributed by atoms with E-state index in [0.29, 0.717) is 22.2 Å². The molecule has 3 aromatic rings. The number of benzene rings is 2. The minimum absolute atomic E-state index is 0.126. The van der Waals surface area contributed by atoms with Crippen LogP contribution in [0.15, 0.2) is 48.5 Å². The number of aromatic nitrogens is 2. The lowest BCUT2D eigenvalue weighted by atomic mass is 10.1. The van der Waals surface area contributed by atoms with Crippen LogP contribution in [0.1, 0.15) is 17.0 Å². The number of amides is 1. The average Bonchev–Trinajstić information content (AvgIpc) is 2.85. The number of halogens is 1. The maximum Gasteiger partial charge on any atom is 0.229 e. The van der Waals surface area contributed by atoms with Crippen molar-refractivity contribution in [2.24, 2.45) is 7.05 Å². The Morgan fingerprint density at radius 2 is 1.77 bits per heavy atom. The molecule has 0 saturated carbocycles. The third-order valence-electron chi connectivity index (χ3n) is 4.21. The Bertz CT molecular complexity index is 950. The second-order valence-electron chi connectivity index (χ2n) is 6.03. The monoisotopic (exact) mass is 369 g/mol. The molecule has 0 fully saturated rings. The highest BCUT2D eigenvalue weighted by atomic mass is 35.5. The molecule has 2 aromatic carbocycles. The standard InChI is InChI=1S/C20H20ClN3O2/c1-13-15(14(2)24(3)23-13)12-20(25)22-17-9-5-7-11-19(17)26-18-10-6-4-8-16(18)21/h4-11H,12H2,1-3H3,(H,22,25). The fraction of sp³-hybridized carbons (Fsp3) is 0.200. The maximum absolute atomic E-state index is 12.5. The number of para-hydroxylation sites is 3. The smallest absolute Gasteiger partial charge is 0.229 e. The van der Waals surface area contributed by atoms with Gasteiger partial charge in [-0.05, 0) is 38.1 Å². The zero-order chi connectivity index (χ0) is 18.7. The topological polar surface area (TPSA) is 56.2 Å². The second kappa shape index (κ2) is 7.62. The van der Waals surface area contributed by atoms with Gasteiger partial charge < -0.3 is 10.1 Å². The van der Waals surface area contributed by atoms with Crippen molar-refractivity contribution in [1.29, 1.82) is 0 Å². The molecule has 0 radical (unpaired) electrons. The first-order chi connectivity index (χ1) is 12.5. The number of rotatable bonds is 5. The lowest BCUT2D eigenvalue weighted by molar-refractivity contribution is -0.115. The van der Waals surface area contributed by atoms with Crippen LogP contribution >= 0.6 is 11.6 Å². The van der Waals surface area contributed by atoms with Gasteiger partial charge in [0.2, 0.25) is 5.91 Å². The summed E-state index contributed by atoms with van der Waals surface area (Å²) in [5.41, 5.74) is 3.38. The van der Waals surface area contributed by atoms with E-state index < -0.39 is 0 Å². The summed E-state index contributed by atoms with van der Waals surface area (Å²) in [4.78, 5) is 12.5. The largest absolute Gasteiger partial charge is 0.454 e. The van der Waals surface area contributed by atoms with E-state index >= 15 is 0 Å². The molecular weight excluding hydrogens is 350 g/mol. The zero-order valence-corrected chi connectivity index (χ0v) is 15.7. The summed E-state index contributed by atoms with van der Waals surface area (Å²) < 4.78 is 7.66. The van der Waals surface area contributed by atoms with Crippen LogP contribution in [-0.4, -0.2) is 15.7 Å². The van der Waals surface area contributed by atoms with Crippen molar-refractivity contribution in [2.75, 3.05) is 5.32 Å². The second-order valence-corrected chi connectivity index (χ2v) is 6.43. The van der Waals surface area contributed by atoms with Gasteiger partial charge in [-0.25, -0.2) is 0 Å². The molecule has 3 rings (SSSR count). The molecule has 0 aliphatic carbocycles. The Morgan fingerprint density at radius 3 is 2.42 bits per heavy atom. The molecule has 0 atom stereocenters. The molecule has 6 heteroatoms. The molecule has 1 aromatic heterocycles. The van der Waals surface area contributed by atoms with Gasteiger partial charge in [-0.15, -0.1) is 0 Å². The molecule has 1 amide bonds. The van der Waals surface area contributed by atoms with Gasteiger partial charge in [-0.2, -0.15) is 5.10 Å². The molecule has 0 spiro atoms. The van der Waals surface area contributed by atoms with Crippen LogP contribution < -0.4 is 10.1 Å². The summed E-state index contributed by atoms with van der Waals surface area (Å²) in [5.74, 6) is 0.947. The molecule has 0 saturated heterocycles. The average molecular weight is 370 g/mol. The van der Waals surface area contributed by atoms with E-state index in [1.807, 2.05) is 45.2 Å². The van der Waals surface area contributed by atoms with Crippen molar-refractivity contribution in [2.45, 2.75) is 20.3 Å². The number of ether oxygens (including phenoxy) is 1. The molecule has 26 heavy (non-hydrogen) atoms. The van der Waals surface area contributed by atoms with Gasteiger partial charge in [-0.3, -0.25) is 9.48 Å². The van der Waals surface area contributed by atoms with E-state index in [4.69, 9.17) is 16.3 Å². The van der Waals surface area contributed by atoms with E-state index in [1.54, 1.807) is 28.9 Å². The Hall–Kier alpha value is -2.79. The normalized spacial score (nSPS) is 10.6. The van der Waals surface area contributed by atoms with Gasteiger partial charge in [0.25, 0.3) is 0 Å². The van der Waals surface area contributed by atoms with Gasteiger partial charge in [0.05, 0.1) is 22.8 Å². The third kappa shape index (κ3) is 3.89. The molecule has 0 bridgehead atoms. The van der Waals surface area contributed by atoms with Crippen LogP contribution in [0.3, 0.4) is 0 Å². The summed E-state index contributed by atoms with van der Waals surface area (Å²) in [6, 6.07) is 14.5. The lowest BCUT2D eigenvalue weighted by Crippen LogP contribution is -2.15. The first-order valence-electron chi connectivity index (χ1n) is 8.26. The van der Waals surface area contributed by atoms with Crippen LogP contribution in [0, 0.1) is 13.8 Å². The van der Waals surface area contributed by atoms with Gasteiger partial charge >= 0.3 is 0 Å². The fourth-order valence-corrected chi connectivity index (χ4v) is 2.91. The predicted octanol–water partition coefficient (Wildman–Crippen LogP) is 4.66. The van der Waals surface area contributed by atoms with Crippen LogP contribution in [0.5, 0.6) is 11.5 Å². The van der Waals surface area contributed by atoms with Crippen molar-refractivity contribution in [3.63, 3.8) is 0 Å². The number of nitrogens with one attached hydrogen (secondary N) is 1. The van der Waals surface area contributed by atoms with Crippen LogP contribution in [0.25, 0.3) is 0 Å². The van der Waals surface area contributed by atoms with Crippen molar-refractivity contribution in [3.8, 4) is 11.5 Å². The third-order valence-corrected chi connectivity index (χ3v) is 4.53. The molecule has 5 nitrogen and oxygen atoms in total. The molecule has 0 unspecified atom stereocenters. The zero-order valence-electron chi connectivity index (χ0n) is 14.9. The first kappa shape index (κ1) is 18.0.